The molecular formula is C23H26N2O2. The molecule has 4 rings (SSSR count). The third-order valence-electron chi connectivity index (χ3n) is 5.66. The molecule has 1 N–H and O–H groups in total. The van der Waals surface area contributed by atoms with Crippen LogP contribution < -0.4 is 10.1 Å². The van der Waals surface area contributed by atoms with Gasteiger partial charge in [0.25, 0.3) is 5.91 Å². The Balaban J connectivity index is 1.45. The molecule has 1 atom stereocenters. The van der Waals surface area contributed by atoms with E-state index in [4.69, 9.17) is 4.74 Å². The first-order valence-corrected chi connectivity index (χ1v) is 9.89. The molecular weight excluding hydrogens is 336 g/mol. The lowest BCUT2D eigenvalue weighted by molar-refractivity contribution is 0.0962. The standard InChI is InChI=1S/C23H26N2O2/c1-24-23(26)18-9-11-22(25-15-18)27-21-10-8-17-12-19(13-20(17)14-21)16-6-4-2-3-5-7-16/h6,8-11,14-15,19H,2-5,7,12-13H2,1H3,(H,24,26). The summed E-state index contributed by atoms with van der Waals surface area (Å²) in [7, 11) is 1.61. The van der Waals surface area contributed by atoms with Crippen molar-refractivity contribution in [2.45, 2.75) is 44.9 Å². The molecule has 0 radical (unpaired) electrons. The molecule has 1 unspecified atom stereocenters. The van der Waals surface area contributed by atoms with Crippen LogP contribution in [0.25, 0.3) is 0 Å². The van der Waals surface area contributed by atoms with Gasteiger partial charge in [-0.3, -0.25) is 4.79 Å². The van der Waals surface area contributed by atoms with Gasteiger partial charge in [-0.25, -0.2) is 4.98 Å². The first-order valence-electron chi connectivity index (χ1n) is 9.89. The van der Waals surface area contributed by atoms with Crippen LogP contribution in [0.5, 0.6) is 11.6 Å². The van der Waals surface area contributed by atoms with E-state index >= 15 is 0 Å². The number of nitrogens with one attached hydrogen (secondary N) is 1. The second-order valence-corrected chi connectivity index (χ2v) is 7.48. The molecule has 0 bridgehead atoms. The molecule has 4 nitrogen and oxygen atoms in total. The van der Waals surface area contributed by atoms with Gasteiger partial charge in [0.2, 0.25) is 5.88 Å². The average Bonchev–Trinajstić information content (AvgIpc) is 2.93. The van der Waals surface area contributed by atoms with Crippen molar-refractivity contribution >= 4 is 5.91 Å². The van der Waals surface area contributed by atoms with Gasteiger partial charge in [0.1, 0.15) is 5.75 Å². The van der Waals surface area contributed by atoms with E-state index in [-0.39, 0.29) is 5.91 Å². The number of benzene rings is 1. The minimum atomic E-state index is -0.148. The minimum absolute atomic E-state index is 0.148. The van der Waals surface area contributed by atoms with E-state index in [9.17, 15) is 4.79 Å². The Morgan fingerprint density at radius 1 is 1.11 bits per heavy atom. The monoisotopic (exact) mass is 362 g/mol. The van der Waals surface area contributed by atoms with Crippen LogP contribution in [0.1, 0.15) is 53.6 Å². The van der Waals surface area contributed by atoms with Crippen molar-refractivity contribution in [1.29, 1.82) is 0 Å². The highest BCUT2D eigenvalue weighted by molar-refractivity contribution is 5.93. The molecule has 2 aliphatic carbocycles. The Labute approximate surface area is 160 Å². The fourth-order valence-corrected chi connectivity index (χ4v) is 4.17. The maximum absolute atomic E-state index is 11.6. The fourth-order valence-electron chi connectivity index (χ4n) is 4.17. The Hall–Kier alpha value is -2.62. The average molecular weight is 362 g/mol. The van der Waals surface area contributed by atoms with Crippen molar-refractivity contribution < 1.29 is 9.53 Å². The van der Waals surface area contributed by atoms with E-state index in [0.29, 0.717) is 17.4 Å². The van der Waals surface area contributed by atoms with Crippen LogP contribution in [0.2, 0.25) is 0 Å². The summed E-state index contributed by atoms with van der Waals surface area (Å²) in [6.07, 6.45) is 12.9. The molecule has 2 aliphatic rings. The molecule has 1 amide bonds. The largest absolute Gasteiger partial charge is 0.439 e. The normalized spacial score (nSPS) is 19.0. The molecule has 1 aromatic heterocycles. The fraction of sp³-hybridized carbons (Fsp3) is 0.391. The van der Waals surface area contributed by atoms with Crippen LogP contribution in [0, 0.1) is 5.92 Å². The second kappa shape index (κ2) is 7.95. The number of rotatable bonds is 4. The molecule has 140 valence electrons. The zero-order chi connectivity index (χ0) is 18.6. The molecule has 27 heavy (non-hydrogen) atoms. The zero-order valence-electron chi connectivity index (χ0n) is 15.8. The quantitative estimate of drug-likeness (QED) is 0.792. The number of aromatic nitrogens is 1. The van der Waals surface area contributed by atoms with Gasteiger partial charge in [-0.05, 0) is 73.8 Å². The van der Waals surface area contributed by atoms with Gasteiger partial charge in [-0.1, -0.05) is 24.1 Å². The van der Waals surface area contributed by atoms with Gasteiger partial charge < -0.3 is 10.1 Å². The predicted molar refractivity (Wildman–Crippen MR) is 106 cm³/mol. The van der Waals surface area contributed by atoms with Crippen molar-refractivity contribution in [2.75, 3.05) is 7.05 Å². The van der Waals surface area contributed by atoms with Gasteiger partial charge >= 0.3 is 0 Å². The van der Waals surface area contributed by atoms with Crippen LogP contribution in [0.4, 0.5) is 0 Å². The number of pyridine rings is 1. The third kappa shape index (κ3) is 4.05. The van der Waals surface area contributed by atoms with Crippen LogP contribution in [-0.4, -0.2) is 17.9 Å². The summed E-state index contributed by atoms with van der Waals surface area (Å²) in [6.45, 7) is 0. The molecule has 0 fully saturated rings. The maximum Gasteiger partial charge on any atom is 0.252 e. The maximum atomic E-state index is 11.6. The lowest BCUT2D eigenvalue weighted by atomic mass is 9.92. The summed E-state index contributed by atoms with van der Waals surface area (Å²) in [5.74, 6) is 1.83. The number of nitrogens with zero attached hydrogens (tertiary/aromatic N) is 1. The smallest absolute Gasteiger partial charge is 0.252 e. The summed E-state index contributed by atoms with van der Waals surface area (Å²) in [5, 5.41) is 2.59. The minimum Gasteiger partial charge on any atom is -0.439 e. The van der Waals surface area contributed by atoms with Crippen LogP contribution in [-0.2, 0) is 12.8 Å². The molecule has 4 heteroatoms. The molecule has 1 aromatic carbocycles. The summed E-state index contributed by atoms with van der Waals surface area (Å²) < 4.78 is 5.92. The van der Waals surface area contributed by atoms with Gasteiger partial charge in [0, 0.05) is 19.3 Å². The molecule has 0 aliphatic heterocycles. The predicted octanol–water partition coefficient (Wildman–Crippen LogP) is 4.84. The van der Waals surface area contributed by atoms with Crippen LogP contribution >= 0.6 is 0 Å². The summed E-state index contributed by atoms with van der Waals surface area (Å²) in [5.41, 5.74) is 5.03. The number of hydrogen-bond acceptors (Lipinski definition) is 3. The molecule has 0 saturated heterocycles. The van der Waals surface area contributed by atoms with E-state index in [1.54, 1.807) is 24.8 Å². The number of amides is 1. The van der Waals surface area contributed by atoms with E-state index < -0.39 is 0 Å². The van der Waals surface area contributed by atoms with Crippen molar-refractivity contribution in [2.24, 2.45) is 5.92 Å². The van der Waals surface area contributed by atoms with Gasteiger partial charge in [-0.2, -0.15) is 0 Å². The van der Waals surface area contributed by atoms with Gasteiger partial charge in [0.05, 0.1) is 5.56 Å². The molecule has 0 saturated carbocycles. The summed E-state index contributed by atoms with van der Waals surface area (Å²) in [4.78, 5) is 15.8. The Kier molecular flexibility index (Phi) is 5.23. The highest BCUT2D eigenvalue weighted by Crippen LogP contribution is 2.37. The number of carbonyl (C=O) groups is 1. The molecule has 2 aromatic rings. The topological polar surface area (TPSA) is 51.2 Å². The highest BCUT2D eigenvalue weighted by Gasteiger charge is 2.25. The van der Waals surface area contributed by atoms with E-state index in [2.05, 4.69) is 28.5 Å². The van der Waals surface area contributed by atoms with Crippen molar-refractivity contribution in [3.8, 4) is 11.6 Å². The summed E-state index contributed by atoms with van der Waals surface area (Å²) in [6, 6.07) is 9.83. The zero-order valence-corrected chi connectivity index (χ0v) is 15.8. The van der Waals surface area contributed by atoms with Crippen LogP contribution in [0.3, 0.4) is 0 Å². The second-order valence-electron chi connectivity index (χ2n) is 7.48. The number of allylic oxidation sites excluding steroid dienone is 2. The van der Waals surface area contributed by atoms with Gasteiger partial charge in [-0.15, -0.1) is 0 Å². The molecule has 0 spiro atoms. The third-order valence-corrected chi connectivity index (χ3v) is 5.66. The Morgan fingerprint density at radius 3 is 2.81 bits per heavy atom. The van der Waals surface area contributed by atoms with Crippen molar-refractivity contribution in [3.05, 3.63) is 64.9 Å². The number of hydrogen-bond donors (Lipinski definition) is 1. The van der Waals surface area contributed by atoms with Crippen molar-refractivity contribution in [1.82, 2.24) is 10.3 Å². The SMILES string of the molecule is CNC(=O)c1ccc(Oc2ccc3c(c2)CC(C2=CCCCCC2)C3)nc1. The number of fused-ring (bicyclic) bond motifs is 1. The number of ether oxygens (including phenoxy) is 1. The lowest BCUT2D eigenvalue weighted by Crippen LogP contribution is -2.17. The van der Waals surface area contributed by atoms with Gasteiger partial charge in [0.15, 0.2) is 0 Å². The Morgan fingerprint density at radius 2 is 2.00 bits per heavy atom. The van der Waals surface area contributed by atoms with Crippen molar-refractivity contribution in [3.63, 3.8) is 0 Å². The Bertz CT molecular complexity index is 855. The summed E-state index contributed by atoms with van der Waals surface area (Å²) >= 11 is 0. The highest BCUT2D eigenvalue weighted by atomic mass is 16.5. The number of carbonyl (C=O) groups excluding carboxylic acids is 1. The first kappa shape index (κ1) is 17.8. The van der Waals surface area contributed by atoms with E-state index in [1.165, 1.54) is 49.4 Å². The first-order chi connectivity index (χ1) is 13.2. The lowest BCUT2D eigenvalue weighted by Gasteiger charge is -2.13. The van der Waals surface area contributed by atoms with Crippen LogP contribution in [0.15, 0.2) is 48.2 Å². The van der Waals surface area contributed by atoms with E-state index in [1.807, 2.05) is 6.07 Å². The molecule has 1 heterocycles. The van der Waals surface area contributed by atoms with E-state index in [0.717, 1.165) is 18.6 Å².